The number of carbonyl (C=O) groups is 2. The summed E-state index contributed by atoms with van der Waals surface area (Å²) in [7, 11) is 0. The number of carboxylic acid groups (broad SMARTS) is 1. The average Bonchev–Trinajstić information content (AvgIpc) is 2.93. The molecule has 10 nitrogen and oxygen atoms in total. The lowest BCUT2D eigenvalue weighted by Crippen LogP contribution is -2.58. The highest BCUT2D eigenvalue weighted by atomic mass is 16.6. The molecule has 4 aliphatic rings. The second kappa shape index (κ2) is 11.9. The topological polar surface area (TPSA) is 140 Å². The zero-order valence-electron chi connectivity index (χ0n) is 23.6. The monoisotopic (exact) mass is 563 g/mol. The van der Waals surface area contributed by atoms with Gasteiger partial charge >= 0.3 is 5.97 Å². The van der Waals surface area contributed by atoms with Gasteiger partial charge in [-0.15, -0.1) is 0 Å². The molecule has 2 aromatic rings. The molecule has 4 bridgehead atoms. The quantitative estimate of drug-likeness (QED) is 0.347. The number of hydrogen-bond acceptors (Lipinski definition) is 7. The van der Waals surface area contributed by atoms with Crippen LogP contribution in [0.25, 0.3) is 11.0 Å². The highest BCUT2D eigenvalue weighted by molar-refractivity contribution is 6.01. The maximum Gasteiger partial charge on any atom is 0.344 e. The Morgan fingerprint density at radius 3 is 2.29 bits per heavy atom. The molecule has 2 saturated heterocycles. The molecule has 1 aromatic carbocycles. The molecule has 1 aromatic heterocycles. The lowest BCUT2D eigenvalue weighted by molar-refractivity contribution is -0.142. The van der Waals surface area contributed by atoms with Crippen molar-refractivity contribution < 1.29 is 19.5 Å². The second-order valence-corrected chi connectivity index (χ2v) is 12.6. The van der Waals surface area contributed by atoms with E-state index in [-0.39, 0.29) is 35.8 Å². The van der Waals surface area contributed by atoms with Crippen molar-refractivity contribution in [2.45, 2.75) is 108 Å². The van der Waals surface area contributed by atoms with Crippen LogP contribution in [-0.2, 0) is 14.4 Å². The summed E-state index contributed by atoms with van der Waals surface area (Å²) in [6.07, 6.45) is 13.6. The summed E-state index contributed by atoms with van der Waals surface area (Å²) in [5, 5.41) is 13.0. The van der Waals surface area contributed by atoms with Crippen LogP contribution >= 0.6 is 0 Å². The largest absolute Gasteiger partial charge is 0.479 e. The van der Waals surface area contributed by atoms with Gasteiger partial charge in [-0.1, -0.05) is 43.0 Å². The molecule has 220 valence electrons. The Kier molecular flexibility index (Phi) is 8.10. The molecule has 4 fully saturated rings. The zero-order chi connectivity index (χ0) is 28.5. The smallest absolute Gasteiger partial charge is 0.344 e. The maximum atomic E-state index is 14.2. The standard InChI is InChI=1S/C31H41N5O5/c32-28(37)12-11-26(34-41-18-29(38)39)30-31(40)36(27-10-2-1-9-25(27)33-30)24-16-21-7-4-8-22(17-24)35(21)23-14-19-5-3-6-20(13-19)15-23/h1-2,9-10,19-24H,3-8,11-18H2,(H2,32,37)(H,38,39)/b34-26+. The fourth-order valence-electron chi connectivity index (χ4n) is 8.45. The lowest BCUT2D eigenvalue weighted by atomic mass is 9.68. The van der Waals surface area contributed by atoms with Crippen LogP contribution in [0, 0.1) is 11.8 Å². The number of fused-ring (bicyclic) bond motifs is 5. The van der Waals surface area contributed by atoms with Gasteiger partial charge in [-0.3, -0.25) is 14.5 Å². The van der Waals surface area contributed by atoms with E-state index in [0.717, 1.165) is 43.0 Å². The van der Waals surface area contributed by atoms with Gasteiger partial charge in [0.1, 0.15) is 5.71 Å². The molecule has 41 heavy (non-hydrogen) atoms. The summed E-state index contributed by atoms with van der Waals surface area (Å²) < 4.78 is 1.90. The van der Waals surface area contributed by atoms with Crippen LogP contribution in [0.1, 0.15) is 95.2 Å². The Hall–Kier alpha value is -3.27. The molecule has 1 amide bonds. The third-order valence-corrected chi connectivity index (χ3v) is 9.93. The average molecular weight is 564 g/mol. The van der Waals surface area contributed by atoms with Gasteiger partial charge < -0.3 is 20.2 Å². The van der Waals surface area contributed by atoms with E-state index in [1.54, 1.807) is 0 Å². The van der Waals surface area contributed by atoms with Gasteiger partial charge in [0, 0.05) is 37.0 Å². The molecule has 4 unspecified atom stereocenters. The number of oxime groups is 1. The minimum absolute atomic E-state index is 0.0149. The number of nitrogens with two attached hydrogens (primary N) is 1. The number of nitrogens with zero attached hydrogens (tertiary/aromatic N) is 4. The van der Waals surface area contributed by atoms with E-state index in [1.807, 2.05) is 28.8 Å². The van der Waals surface area contributed by atoms with Crippen molar-refractivity contribution in [3.05, 3.63) is 40.3 Å². The molecule has 4 atom stereocenters. The van der Waals surface area contributed by atoms with Crippen molar-refractivity contribution in [2.24, 2.45) is 22.7 Å². The van der Waals surface area contributed by atoms with Crippen LogP contribution in [0.2, 0.25) is 0 Å². The molecule has 2 saturated carbocycles. The highest BCUT2D eigenvalue weighted by Crippen LogP contribution is 2.47. The van der Waals surface area contributed by atoms with E-state index in [4.69, 9.17) is 15.7 Å². The zero-order valence-corrected chi connectivity index (χ0v) is 23.6. The van der Waals surface area contributed by atoms with Gasteiger partial charge in [0.15, 0.2) is 5.69 Å². The number of carboxylic acids is 1. The first-order chi connectivity index (χ1) is 19.9. The number of primary amides is 1. The van der Waals surface area contributed by atoms with Gasteiger partial charge in [0.05, 0.1) is 11.0 Å². The van der Waals surface area contributed by atoms with Gasteiger partial charge in [-0.25, -0.2) is 9.78 Å². The van der Waals surface area contributed by atoms with Crippen molar-refractivity contribution >= 4 is 28.6 Å². The number of aromatic nitrogens is 2. The van der Waals surface area contributed by atoms with Crippen LogP contribution in [0.5, 0.6) is 0 Å². The summed E-state index contributed by atoms with van der Waals surface area (Å²) >= 11 is 0. The van der Waals surface area contributed by atoms with E-state index in [1.165, 1.54) is 44.9 Å². The number of carbonyl (C=O) groups excluding carboxylic acids is 1. The van der Waals surface area contributed by atoms with Gasteiger partial charge in [-0.05, 0) is 68.9 Å². The Balaban J connectivity index is 1.34. The van der Waals surface area contributed by atoms with E-state index in [2.05, 4.69) is 15.0 Å². The minimum Gasteiger partial charge on any atom is -0.479 e. The fraction of sp³-hybridized carbons (Fsp3) is 0.645. The molecular weight excluding hydrogens is 522 g/mol. The first kappa shape index (κ1) is 27.9. The van der Waals surface area contributed by atoms with Crippen LogP contribution in [0.3, 0.4) is 0 Å². The molecule has 2 aliphatic heterocycles. The number of amides is 1. The Morgan fingerprint density at radius 2 is 1.61 bits per heavy atom. The molecule has 0 radical (unpaired) electrons. The third-order valence-electron chi connectivity index (χ3n) is 9.93. The van der Waals surface area contributed by atoms with Crippen molar-refractivity contribution in [3.8, 4) is 0 Å². The van der Waals surface area contributed by atoms with E-state index < -0.39 is 18.5 Å². The summed E-state index contributed by atoms with van der Waals surface area (Å²) in [6.45, 7) is -0.660. The number of aliphatic carboxylic acids is 1. The van der Waals surface area contributed by atoms with E-state index in [9.17, 15) is 14.4 Å². The lowest BCUT2D eigenvalue weighted by Gasteiger charge is -2.55. The van der Waals surface area contributed by atoms with Gasteiger partial charge in [0.25, 0.3) is 5.56 Å². The predicted octanol–water partition coefficient (Wildman–Crippen LogP) is 3.99. The Bertz CT molecular complexity index is 1360. The van der Waals surface area contributed by atoms with Crippen LogP contribution in [-0.4, -0.2) is 61.9 Å². The minimum atomic E-state index is -1.19. The molecule has 6 rings (SSSR count). The number of para-hydroxylation sites is 2. The molecule has 0 spiro atoms. The molecule has 3 heterocycles. The normalized spacial score (nSPS) is 30.2. The summed E-state index contributed by atoms with van der Waals surface area (Å²) in [5.74, 6) is 0.0133. The SMILES string of the molecule is NC(=O)CC/C(=N\OCC(=O)O)c1nc2ccccc2n(C2CC3CCCC(C2)N3C2CC3CCCC(C3)C2)c1=O. The van der Waals surface area contributed by atoms with E-state index in [0.29, 0.717) is 23.6 Å². The van der Waals surface area contributed by atoms with Gasteiger partial charge in [-0.2, -0.15) is 0 Å². The molecule has 3 N–H and O–H groups in total. The number of piperidine rings is 2. The number of hydrogen-bond donors (Lipinski definition) is 2. The maximum absolute atomic E-state index is 14.2. The third kappa shape index (κ3) is 5.89. The molecule has 10 heteroatoms. The molecule has 2 aliphatic carbocycles. The highest BCUT2D eigenvalue weighted by Gasteiger charge is 2.45. The first-order valence-electron chi connectivity index (χ1n) is 15.4. The van der Waals surface area contributed by atoms with Crippen molar-refractivity contribution in [2.75, 3.05) is 6.61 Å². The second-order valence-electron chi connectivity index (χ2n) is 12.6. The Morgan fingerprint density at radius 1 is 0.927 bits per heavy atom. The predicted molar refractivity (Wildman–Crippen MR) is 155 cm³/mol. The van der Waals surface area contributed by atoms with E-state index >= 15 is 0 Å². The van der Waals surface area contributed by atoms with Crippen molar-refractivity contribution in [1.29, 1.82) is 0 Å². The summed E-state index contributed by atoms with van der Waals surface area (Å²) in [5.41, 5.74) is 6.77. The fourth-order valence-corrected chi connectivity index (χ4v) is 8.45. The molecular formula is C31H41N5O5. The van der Waals surface area contributed by atoms with Crippen LogP contribution in [0.15, 0.2) is 34.2 Å². The summed E-state index contributed by atoms with van der Waals surface area (Å²) in [4.78, 5) is 49.4. The van der Waals surface area contributed by atoms with Crippen LogP contribution < -0.4 is 11.3 Å². The first-order valence-corrected chi connectivity index (χ1v) is 15.4. The number of rotatable bonds is 9. The Labute approximate surface area is 239 Å². The van der Waals surface area contributed by atoms with Crippen molar-refractivity contribution in [1.82, 2.24) is 14.5 Å². The number of benzene rings is 1. The summed E-state index contributed by atoms with van der Waals surface area (Å²) in [6, 6.07) is 9.22. The van der Waals surface area contributed by atoms with Crippen molar-refractivity contribution in [3.63, 3.8) is 0 Å². The van der Waals surface area contributed by atoms with Gasteiger partial charge in [0.2, 0.25) is 12.5 Å². The van der Waals surface area contributed by atoms with Crippen LogP contribution in [0.4, 0.5) is 0 Å².